The van der Waals surface area contributed by atoms with Gasteiger partial charge in [0.1, 0.15) is 11.5 Å². The molecule has 1 amide bonds. The lowest BCUT2D eigenvalue weighted by atomic mass is 10.2. The fourth-order valence-electron chi connectivity index (χ4n) is 2.61. The Morgan fingerprint density at radius 2 is 1.60 bits per heavy atom. The normalized spacial score (nSPS) is 10.4. The van der Waals surface area contributed by atoms with Crippen molar-refractivity contribution in [2.45, 2.75) is 0 Å². The van der Waals surface area contributed by atoms with E-state index in [4.69, 9.17) is 14.2 Å². The van der Waals surface area contributed by atoms with Gasteiger partial charge in [0, 0.05) is 30.0 Å². The van der Waals surface area contributed by atoms with Gasteiger partial charge in [-0.3, -0.25) is 9.59 Å². The molecule has 8 nitrogen and oxygen atoms in total. The zero-order chi connectivity index (χ0) is 21.8. The minimum absolute atomic E-state index is 0.0582. The first-order chi connectivity index (χ1) is 14.4. The molecule has 0 saturated carbocycles. The summed E-state index contributed by atoms with van der Waals surface area (Å²) in [5, 5.41) is 6.52. The molecule has 3 aromatic rings. The minimum Gasteiger partial charge on any atom is -0.497 e. The van der Waals surface area contributed by atoms with Gasteiger partial charge >= 0.3 is 0 Å². The van der Waals surface area contributed by atoms with Crippen LogP contribution in [0.3, 0.4) is 0 Å². The molecule has 0 aliphatic heterocycles. The Morgan fingerprint density at radius 1 is 0.933 bits per heavy atom. The van der Waals surface area contributed by atoms with Crippen molar-refractivity contribution in [3.05, 3.63) is 70.0 Å². The van der Waals surface area contributed by atoms with Gasteiger partial charge in [-0.2, -0.15) is 5.10 Å². The van der Waals surface area contributed by atoms with E-state index in [-0.39, 0.29) is 11.6 Å². The topological polar surface area (TPSA) is 91.7 Å². The smallest absolute Gasteiger partial charge is 0.280 e. The van der Waals surface area contributed by atoms with E-state index >= 15 is 0 Å². The fraction of sp³-hybridized carbons (Fsp3) is 0.150. The van der Waals surface area contributed by atoms with Gasteiger partial charge in [0.25, 0.3) is 5.91 Å². The Labute approximate surface area is 169 Å². The van der Waals surface area contributed by atoms with Crippen molar-refractivity contribution in [2.75, 3.05) is 26.6 Å². The Bertz CT molecular complexity index is 1140. The summed E-state index contributed by atoms with van der Waals surface area (Å²) in [5.74, 6) is -2.22. The first-order valence-corrected chi connectivity index (χ1v) is 8.54. The van der Waals surface area contributed by atoms with Crippen LogP contribution in [0.15, 0.2) is 47.3 Å². The molecule has 0 fully saturated rings. The van der Waals surface area contributed by atoms with Crippen molar-refractivity contribution in [1.82, 2.24) is 9.78 Å². The molecular weight excluding hydrogens is 400 g/mol. The minimum atomic E-state index is -1.12. The second-order valence-corrected chi connectivity index (χ2v) is 5.97. The number of carbonyl (C=O) groups is 1. The Balaban J connectivity index is 2.02. The zero-order valence-electron chi connectivity index (χ0n) is 16.2. The van der Waals surface area contributed by atoms with E-state index in [2.05, 4.69) is 10.4 Å². The van der Waals surface area contributed by atoms with Gasteiger partial charge in [-0.15, -0.1) is 0 Å². The third kappa shape index (κ3) is 4.22. The second kappa shape index (κ2) is 8.60. The van der Waals surface area contributed by atoms with Crippen molar-refractivity contribution in [2.24, 2.45) is 0 Å². The molecule has 30 heavy (non-hydrogen) atoms. The molecule has 0 unspecified atom stereocenters. The number of nitrogens with zero attached hydrogens (tertiary/aromatic N) is 2. The lowest BCUT2D eigenvalue weighted by molar-refractivity contribution is 0.101. The van der Waals surface area contributed by atoms with Gasteiger partial charge in [-0.05, 0) is 12.1 Å². The van der Waals surface area contributed by atoms with Crippen molar-refractivity contribution >= 4 is 11.6 Å². The van der Waals surface area contributed by atoms with Crippen LogP contribution in [0.4, 0.5) is 14.5 Å². The monoisotopic (exact) mass is 417 g/mol. The van der Waals surface area contributed by atoms with E-state index in [1.165, 1.54) is 39.5 Å². The number of halogens is 2. The van der Waals surface area contributed by atoms with Gasteiger partial charge in [-0.25, -0.2) is 13.5 Å². The van der Waals surface area contributed by atoms with E-state index in [1.807, 2.05) is 0 Å². The lowest BCUT2D eigenvalue weighted by Crippen LogP contribution is -2.26. The van der Waals surface area contributed by atoms with Crippen LogP contribution in [0.5, 0.6) is 17.4 Å². The van der Waals surface area contributed by atoms with Crippen molar-refractivity contribution < 1.29 is 27.8 Å². The van der Waals surface area contributed by atoms with E-state index in [0.29, 0.717) is 17.2 Å². The van der Waals surface area contributed by atoms with Crippen LogP contribution in [0.2, 0.25) is 0 Å². The number of hydrogen-bond acceptors (Lipinski definition) is 6. The average Bonchev–Trinajstić information content (AvgIpc) is 2.74. The molecule has 0 spiro atoms. The SMILES string of the molecule is COc1cc(NC(=O)c2nn(-c3ccc(F)c(F)c3)c(OC)cc2=O)cc(OC)c1. The third-order valence-corrected chi connectivity index (χ3v) is 4.08. The van der Waals surface area contributed by atoms with Gasteiger partial charge < -0.3 is 19.5 Å². The maximum Gasteiger partial charge on any atom is 0.280 e. The standard InChI is InChI=1S/C20H17F2N3O5/c1-28-13-6-11(7-14(9-13)29-2)23-20(27)19-17(26)10-18(30-3)25(24-19)12-4-5-15(21)16(22)8-12/h4-10H,1-3H3,(H,23,27). The first-order valence-electron chi connectivity index (χ1n) is 8.54. The van der Waals surface area contributed by atoms with Gasteiger partial charge in [-0.1, -0.05) is 0 Å². The summed E-state index contributed by atoms with van der Waals surface area (Å²) < 4.78 is 43.3. The van der Waals surface area contributed by atoms with E-state index in [1.54, 1.807) is 6.07 Å². The summed E-state index contributed by atoms with van der Waals surface area (Å²) in [6, 6.07) is 8.67. The maximum atomic E-state index is 13.6. The summed E-state index contributed by atoms with van der Waals surface area (Å²) in [6.07, 6.45) is 0. The van der Waals surface area contributed by atoms with Crippen molar-refractivity contribution in [3.8, 4) is 23.1 Å². The summed E-state index contributed by atoms with van der Waals surface area (Å²) in [7, 11) is 4.17. The number of aromatic nitrogens is 2. The number of rotatable bonds is 6. The quantitative estimate of drug-likeness (QED) is 0.663. The van der Waals surface area contributed by atoms with Crippen LogP contribution >= 0.6 is 0 Å². The molecule has 0 radical (unpaired) electrons. The number of carbonyl (C=O) groups excluding carboxylic acids is 1. The molecule has 0 atom stereocenters. The zero-order valence-corrected chi connectivity index (χ0v) is 16.2. The summed E-state index contributed by atoms with van der Waals surface area (Å²) in [4.78, 5) is 25.1. The van der Waals surface area contributed by atoms with Crippen LogP contribution in [-0.2, 0) is 0 Å². The Morgan fingerprint density at radius 3 is 2.17 bits per heavy atom. The highest BCUT2D eigenvalue weighted by atomic mass is 19.2. The largest absolute Gasteiger partial charge is 0.497 e. The van der Waals surface area contributed by atoms with Crippen LogP contribution in [-0.4, -0.2) is 37.0 Å². The molecule has 0 bridgehead atoms. The second-order valence-electron chi connectivity index (χ2n) is 5.97. The number of anilines is 1. The van der Waals surface area contributed by atoms with E-state index in [0.717, 1.165) is 22.9 Å². The molecule has 1 aromatic heterocycles. The number of nitrogens with one attached hydrogen (secondary N) is 1. The molecule has 0 aliphatic carbocycles. The highest BCUT2D eigenvalue weighted by molar-refractivity contribution is 6.03. The molecule has 0 aliphatic rings. The fourth-order valence-corrected chi connectivity index (χ4v) is 2.61. The average molecular weight is 417 g/mol. The van der Waals surface area contributed by atoms with Crippen LogP contribution in [0.25, 0.3) is 5.69 Å². The first kappa shape index (κ1) is 20.8. The van der Waals surface area contributed by atoms with Gasteiger partial charge in [0.2, 0.25) is 11.3 Å². The Hall–Kier alpha value is -3.95. The molecular formula is C20H17F2N3O5. The summed E-state index contributed by atoms with van der Waals surface area (Å²) in [5.41, 5.74) is -0.851. The number of hydrogen-bond donors (Lipinski definition) is 1. The van der Waals surface area contributed by atoms with Crippen molar-refractivity contribution in [1.29, 1.82) is 0 Å². The van der Waals surface area contributed by atoms with E-state index < -0.39 is 28.7 Å². The van der Waals surface area contributed by atoms with Gasteiger partial charge in [0.05, 0.1) is 33.1 Å². The Kier molecular flexibility index (Phi) is 5.95. The van der Waals surface area contributed by atoms with Crippen LogP contribution in [0, 0.1) is 11.6 Å². The predicted molar refractivity (Wildman–Crippen MR) is 104 cm³/mol. The molecule has 2 aromatic carbocycles. The highest BCUT2D eigenvalue weighted by Gasteiger charge is 2.19. The molecule has 156 valence electrons. The van der Waals surface area contributed by atoms with Crippen LogP contribution < -0.4 is 25.0 Å². The van der Waals surface area contributed by atoms with E-state index in [9.17, 15) is 18.4 Å². The number of methoxy groups -OCH3 is 3. The molecule has 10 heteroatoms. The number of benzene rings is 2. The predicted octanol–water partition coefficient (Wildman–Crippen LogP) is 2.79. The summed E-state index contributed by atoms with van der Waals surface area (Å²) >= 11 is 0. The number of ether oxygens (including phenoxy) is 3. The van der Waals surface area contributed by atoms with Crippen LogP contribution in [0.1, 0.15) is 10.5 Å². The third-order valence-electron chi connectivity index (χ3n) is 4.08. The summed E-state index contributed by atoms with van der Waals surface area (Å²) in [6.45, 7) is 0. The molecule has 3 rings (SSSR count). The molecule has 0 saturated heterocycles. The lowest BCUT2D eigenvalue weighted by Gasteiger charge is -2.13. The van der Waals surface area contributed by atoms with Crippen molar-refractivity contribution in [3.63, 3.8) is 0 Å². The van der Waals surface area contributed by atoms with Gasteiger partial charge in [0.15, 0.2) is 17.3 Å². The maximum absolute atomic E-state index is 13.6. The number of amides is 1. The highest BCUT2D eigenvalue weighted by Crippen LogP contribution is 2.26. The molecule has 1 N–H and O–H groups in total. The molecule has 1 heterocycles.